The highest BCUT2D eigenvalue weighted by molar-refractivity contribution is 6.21. The Balaban J connectivity index is 1.84. The molecule has 1 fully saturated rings. The second-order valence-corrected chi connectivity index (χ2v) is 7.06. The van der Waals surface area contributed by atoms with Crippen molar-refractivity contribution in [2.24, 2.45) is 0 Å². The molecule has 6 nitrogen and oxygen atoms in total. The van der Waals surface area contributed by atoms with Gasteiger partial charge in [0.1, 0.15) is 5.70 Å². The van der Waals surface area contributed by atoms with E-state index in [-0.39, 0.29) is 23.0 Å². The summed E-state index contributed by atoms with van der Waals surface area (Å²) in [5.74, 6) is -0.641. The molecule has 1 aromatic rings. The zero-order chi connectivity index (χ0) is 18.8. The van der Waals surface area contributed by atoms with Gasteiger partial charge in [-0.25, -0.2) is 0 Å². The van der Waals surface area contributed by atoms with Crippen LogP contribution >= 0.6 is 0 Å². The van der Waals surface area contributed by atoms with Crippen LogP contribution in [0.15, 0.2) is 41.7 Å². The predicted molar refractivity (Wildman–Crippen MR) is 101 cm³/mol. The molecule has 1 amide bonds. The van der Waals surface area contributed by atoms with Gasteiger partial charge in [0.2, 0.25) is 5.78 Å². The molecule has 0 bridgehead atoms. The summed E-state index contributed by atoms with van der Waals surface area (Å²) >= 11 is 0. The van der Waals surface area contributed by atoms with Crippen LogP contribution in [-0.4, -0.2) is 41.8 Å². The van der Waals surface area contributed by atoms with E-state index in [2.05, 4.69) is 17.2 Å². The standard InChI is InChI=1S/C20H25N3O3/c1-12-16(21-13-8-5-4-6-9-13)17(18(12)24)22-15-11-7-10-14(19(15)25)20(26)23(2)3/h7,10-11,13,21-22,25H,1,4-6,8-9H2,2-3H3. The summed E-state index contributed by atoms with van der Waals surface area (Å²) in [7, 11) is 3.24. The van der Waals surface area contributed by atoms with Crippen molar-refractivity contribution in [2.75, 3.05) is 19.4 Å². The van der Waals surface area contributed by atoms with Crippen LogP contribution in [0.5, 0.6) is 5.75 Å². The minimum atomic E-state index is -0.301. The van der Waals surface area contributed by atoms with Gasteiger partial charge in [0.25, 0.3) is 5.91 Å². The maximum absolute atomic E-state index is 12.2. The topological polar surface area (TPSA) is 81.7 Å². The van der Waals surface area contributed by atoms with Crippen molar-refractivity contribution in [1.29, 1.82) is 0 Å². The fourth-order valence-corrected chi connectivity index (χ4v) is 3.39. The van der Waals surface area contributed by atoms with E-state index in [0.717, 1.165) is 12.8 Å². The van der Waals surface area contributed by atoms with Crippen molar-refractivity contribution in [2.45, 2.75) is 38.1 Å². The van der Waals surface area contributed by atoms with Crippen molar-refractivity contribution in [3.63, 3.8) is 0 Å². The number of hydrogen-bond acceptors (Lipinski definition) is 5. The first-order valence-electron chi connectivity index (χ1n) is 8.95. The number of Topliss-reactive ketones (excluding diaryl/α,β-unsaturated/α-hetero) is 1. The fraction of sp³-hybridized carbons (Fsp3) is 0.400. The van der Waals surface area contributed by atoms with E-state index in [0.29, 0.717) is 28.7 Å². The number of para-hydroxylation sites is 1. The highest BCUT2D eigenvalue weighted by Crippen LogP contribution is 2.34. The molecule has 3 rings (SSSR count). The van der Waals surface area contributed by atoms with Crippen LogP contribution in [0.25, 0.3) is 0 Å². The number of nitrogens with zero attached hydrogens (tertiary/aromatic N) is 1. The minimum Gasteiger partial charge on any atom is -0.505 e. The average molecular weight is 355 g/mol. The lowest BCUT2D eigenvalue weighted by Crippen LogP contribution is -2.40. The molecule has 26 heavy (non-hydrogen) atoms. The monoisotopic (exact) mass is 355 g/mol. The number of phenolic OH excluding ortho intramolecular Hbond substituents is 1. The molecule has 1 aromatic carbocycles. The lowest BCUT2D eigenvalue weighted by molar-refractivity contribution is -0.113. The maximum atomic E-state index is 12.2. The van der Waals surface area contributed by atoms with Gasteiger partial charge in [0, 0.05) is 25.7 Å². The van der Waals surface area contributed by atoms with E-state index >= 15 is 0 Å². The Morgan fingerprint density at radius 3 is 2.54 bits per heavy atom. The first kappa shape index (κ1) is 18.0. The molecular weight excluding hydrogens is 330 g/mol. The summed E-state index contributed by atoms with van der Waals surface area (Å²) in [6.45, 7) is 3.84. The third-order valence-electron chi connectivity index (χ3n) is 4.94. The van der Waals surface area contributed by atoms with E-state index in [9.17, 15) is 14.7 Å². The number of anilines is 1. The Morgan fingerprint density at radius 1 is 1.19 bits per heavy atom. The number of ketones is 1. The Bertz CT molecular complexity index is 789. The van der Waals surface area contributed by atoms with Crippen LogP contribution in [0.4, 0.5) is 5.69 Å². The predicted octanol–water partition coefficient (Wildman–Crippen LogP) is 2.78. The number of rotatable bonds is 5. The number of amides is 1. The molecule has 0 aromatic heterocycles. The van der Waals surface area contributed by atoms with Gasteiger partial charge in [-0.3, -0.25) is 9.59 Å². The van der Waals surface area contributed by atoms with E-state index in [1.807, 2.05) is 0 Å². The molecule has 0 spiro atoms. The van der Waals surface area contributed by atoms with Gasteiger partial charge in [-0.15, -0.1) is 0 Å². The molecule has 0 radical (unpaired) electrons. The molecule has 0 heterocycles. The lowest BCUT2D eigenvalue weighted by atomic mass is 9.89. The maximum Gasteiger partial charge on any atom is 0.257 e. The number of hydrogen-bond donors (Lipinski definition) is 3. The Labute approximate surface area is 153 Å². The number of allylic oxidation sites excluding steroid dienone is 2. The van der Waals surface area contributed by atoms with Crippen molar-refractivity contribution < 1.29 is 14.7 Å². The van der Waals surface area contributed by atoms with E-state index in [1.165, 1.54) is 24.2 Å². The van der Waals surface area contributed by atoms with Crippen molar-refractivity contribution in [1.82, 2.24) is 10.2 Å². The molecule has 3 N–H and O–H groups in total. The van der Waals surface area contributed by atoms with Crippen molar-refractivity contribution >= 4 is 17.4 Å². The van der Waals surface area contributed by atoms with Gasteiger partial charge in [-0.1, -0.05) is 31.9 Å². The van der Waals surface area contributed by atoms with Crippen LogP contribution in [0.2, 0.25) is 0 Å². The van der Waals surface area contributed by atoms with Gasteiger partial charge in [-0.2, -0.15) is 0 Å². The van der Waals surface area contributed by atoms with Gasteiger partial charge in [0.05, 0.1) is 16.9 Å². The smallest absolute Gasteiger partial charge is 0.257 e. The summed E-state index contributed by atoms with van der Waals surface area (Å²) in [6.07, 6.45) is 5.78. The number of carbonyl (C=O) groups excluding carboxylic acids is 2. The molecule has 2 aliphatic rings. The average Bonchev–Trinajstić information content (AvgIpc) is 2.65. The number of benzene rings is 1. The Kier molecular flexibility index (Phi) is 5.02. The van der Waals surface area contributed by atoms with Crippen molar-refractivity contribution in [3.8, 4) is 5.75 Å². The Hall–Kier alpha value is -2.76. The normalized spacial score (nSPS) is 17.8. The molecule has 0 aliphatic heterocycles. The second kappa shape index (κ2) is 7.23. The van der Waals surface area contributed by atoms with E-state index in [4.69, 9.17) is 0 Å². The SMILES string of the molecule is C=C1C(=O)C(Nc2cccc(C(=O)N(C)C)c2O)=C1NC1CCCCC1. The van der Waals surface area contributed by atoms with Crippen LogP contribution in [-0.2, 0) is 4.79 Å². The molecule has 0 saturated heterocycles. The number of aromatic hydroxyl groups is 1. The largest absolute Gasteiger partial charge is 0.505 e. The summed E-state index contributed by atoms with van der Waals surface area (Å²) < 4.78 is 0. The zero-order valence-electron chi connectivity index (χ0n) is 15.3. The van der Waals surface area contributed by atoms with Crippen LogP contribution < -0.4 is 10.6 Å². The summed E-state index contributed by atoms with van der Waals surface area (Å²) in [5.41, 5.74) is 2.08. The highest BCUT2D eigenvalue weighted by atomic mass is 16.3. The molecule has 0 unspecified atom stereocenters. The zero-order valence-corrected chi connectivity index (χ0v) is 15.3. The van der Waals surface area contributed by atoms with Gasteiger partial charge in [-0.05, 0) is 25.0 Å². The van der Waals surface area contributed by atoms with Crippen molar-refractivity contribution in [3.05, 3.63) is 47.3 Å². The summed E-state index contributed by atoms with van der Waals surface area (Å²) in [6, 6.07) is 5.21. The van der Waals surface area contributed by atoms with Crippen LogP contribution in [0, 0.1) is 0 Å². The highest BCUT2D eigenvalue weighted by Gasteiger charge is 2.34. The molecule has 6 heteroatoms. The number of phenols is 1. The van der Waals surface area contributed by atoms with E-state index < -0.39 is 0 Å². The summed E-state index contributed by atoms with van der Waals surface area (Å²) in [4.78, 5) is 25.8. The first-order valence-corrected chi connectivity index (χ1v) is 8.95. The molecule has 2 aliphatic carbocycles. The molecular formula is C20H25N3O3. The fourth-order valence-electron chi connectivity index (χ4n) is 3.39. The Morgan fingerprint density at radius 2 is 1.88 bits per heavy atom. The van der Waals surface area contributed by atoms with Gasteiger partial charge < -0.3 is 20.6 Å². The molecule has 1 saturated carbocycles. The summed E-state index contributed by atoms with van der Waals surface area (Å²) in [5, 5.41) is 16.9. The third kappa shape index (κ3) is 3.31. The van der Waals surface area contributed by atoms with Gasteiger partial charge >= 0.3 is 0 Å². The minimum absolute atomic E-state index is 0.166. The number of carbonyl (C=O) groups is 2. The van der Waals surface area contributed by atoms with E-state index in [1.54, 1.807) is 32.3 Å². The van der Waals surface area contributed by atoms with Crippen LogP contribution in [0.1, 0.15) is 42.5 Å². The third-order valence-corrected chi connectivity index (χ3v) is 4.94. The van der Waals surface area contributed by atoms with Crippen LogP contribution in [0.3, 0.4) is 0 Å². The number of nitrogens with one attached hydrogen (secondary N) is 2. The lowest BCUT2D eigenvalue weighted by Gasteiger charge is -2.32. The molecule has 0 atom stereocenters. The molecule has 138 valence electrons. The second-order valence-electron chi connectivity index (χ2n) is 7.06. The van der Waals surface area contributed by atoms with Gasteiger partial charge in [0.15, 0.2) is 5.75 Å². The quantitative estimate of drug-likeness (QED) is 0.559. The first-order chi connectivity index (χ1) is 12.4.